The summed E-state index contributed by atoms with van der Waals surface area (Å²) in [6, 6.07) is 0. The van der Waals surface area contributed by atoms with E-state index in [1.54, 1.807) is 11.5 Å². The maximum atomic E-state index is 4.32. The van der Waals surface area contributed by atoms with Crippen LogP contribution in [0.5, 0.6) is 0 Å². The van der Waals surface area contributed by atoms with Gasteiger partial charge in [0.15, 0.2) is 0 Å². The standard InChI is InChI=1S/C10H16N2S2/c1-9(2)5-13-6-10(3,4)8-7(9)11-12-14-8/h5-6H2,1-4H3. The van der Waals surface area contributed by atoms with E-state index in [4.69, 9.17) is 0 Å². The van der Waals surface area contributed by atoms with Gasteiger partial charge in [-0.1, -0.05) is 32.2 Å². The van der Waals surface area contributed by atoms with Gasteiger partial charge in [-0.3, -0.25) is 0 Å². The number of fused-ring (bicyclic) bond motifs is 1. The van der Waals surface area contributed by atoms with Gasteiger partial charge in [-0.25, -0.2) is 0 Å². The molecule has 0 aromatic carbocycles. The van der Waals surface area contributed by atoms with Crippen molar-refractivity contribution in [2.45, 2.75) is 38.5 Å². The van der Waals surface area contributed by atoms with Crippen molar-refractivity contribution in [3.8, 4) is 0 Å². The largest absolute Gasteiger partial charge is 0.160 e. The lowest BCUT2D eigenvalue weighted by Crippen LogP contribution is -2.23. The molecule has 14 heavy (non-hydrogen) atoms. The monoisotopic (exact) mass is 228 g/mol. The highest BCUT2D eigenvalue weighted by Crippen LogP contribution is 2.42. The molecule has 0 bridgehead atoms. The molecule has 1 aromatic heterocycles. The molecule has 0 radical (unpaired) electrons. The summed E-state index contributed by atoms with van der Waals surface area (Å²) in [5.41, 5.74) is 1.64. The van der Waals surface area contributed by atoms with Crippen molar-refractivity contribution >= 4 is 23.3 Å². The van der Waals surface area contributed by atoms with E-state index in [0.29, 0.717) is 0 Å². The molecule has 2 nitrogen and oxygen atoms in total. The zero-order valence-electron chi connectivity index (χ0n) is 9.13. The summed E-state index contributed by atoms with van der Waals surface area (Å²) in [4.78, 5) is 1.38. The van der Waals surface area contributed by atoms with Gasteiger partial charge in [0.05, 0.1) is 10.6 Å². The summed E-state index contributed by atoms with van der Waals surface area (Å²) in [6.07, 6.45) is 0. The minimum Gasteiger partial charge on any atom is -0.160 e. The molecule has 0 amide bonds. The maximum Gasteiger partial charge on any atom is 0.0857 e. The second kappa shape index (κ2) is 3.20. The van der Waals surface area contributed by atoms with Crippen LogP contribution in [0.2, 0.25) is 0 Å². The van der Waals surface area contributed by atoms with Crippen LogP contribution in [-0.2, 0) is 10.8 Å². The van der Waals surface area contributed by atoms with E-state index in [0.717, 1.165) is 5.75 Å². The molecule has 78 valence electrons. The summed E-state index contributed by atoms with van der Waals surface area (Å²) in [6.45, 7) is 9.11. The third kappa shape index (κ3) is 1.58. The average molecular weight is 228 g/mol. The van der Waals surface area contributed by atoms with E-state index in [1.165, 1.54) is 16.3 Å². The molecule has 2 rings (SSSR count). The molecular weight excluding hydrogens is 212 g/mol. The Balaban J connectivity index is 2.55. The summed E-state index contributed by atoms with van der Waals surface area (Å²) in [7, 11) is 0. The SMILES string of the molecule is CC1(C)CSCC(C)(C)c2snnc21. The lowest BCUT2D eigenvalue weighted by Gasteiger charge is -2.22. The molecule has 1 aromatic rings. The lowest BCUT2D eigenvalue weighted by atomic mass is 9.84. The Morgan fingerprint density at radius 1 is 1.07 bits per heavy atom. The molecule has 4 heteroatoms. The molecule has 1 aliphatic rings. The van der Waals surface area contributed by atoms with E-state index in [9.17, 15) is 0 Å². The average Bonchev–Trinajstić information content (AvgIpc) is 2.48. The number of hydrogen-bond acceptors (Lipinski definition) is 4. The Kier molecular flexibility index (Phi) is 2.39. The van der Waals surface area contributed by atoms with Crippen LogP contribution in [0.15, 0.2) is 0 Å². The van der Waals surface area contributed by atoms with Crippen molar-refractivity contribution in [1.82, 2.24) is 9.59 Å². The van der Waals surface area contributed by atoms with Crippen molar-refractivity contribution < 1.29 is 0 Å². The van der Waals surface area contributed by atoms with Crippen molar-refractivity contribution in [3.63, 3.8) is 0 Å². The van der Waals surface area contributed by atoms with Gasteiger partial charge < -0.3 is 0 Å². The van der Waals surface area contributed by atoms with Crippen molar-refractivity contribution in [2.24, 2.45) is 0 Å². The van der Waals surface area contributed by atoms with Gasteiger partial charge in [0.25, 0.3) is 0 Å². The first-order valence-electron chi connectivity index (χ1n) is 4.84. The smallest absolute Gasteiger partial charge is 0.0857 e. The second-order valence-corrected chi connectivity index (χ2v) is 6.95. The quantitative estimate of drug-likeness (QED) is 0.683. The molecule has 0 atom stereocenters. The third-order valence-corrected chi connectivity index (χ3v) is 5.61. The molecular formula is C10H16N2S2. The fourth-order valence-corrected chi connectivity index (χ4v) is 4.19. The van der Waals surface area contributed by atoms with Crippen LogP contribution in [0.4, 0.5) is 0 Å². The Morgan fingerprint density at radius 2 is 1.71 bits per heavy atom. The highest BCUT2D eigenvalue weighted by atomic mass is 32.2. The van der Waals surface area contributed by atoms with Crippen LogP contribution < -0.4 is 0 Å². The fraction of sp³-hybridized carbons (Fsp3) is 0.800. The van der Waals surface area contributed by atoms with Crippen LogP contribution >= 0.6 is 23.3 Å². The topological polar surface area (TPSA) is 25.8 Å². The van der Waals surface area contributed by atoms with Gasteiger partial charge in [-0.15, -0.1) is 5.10 Å². The lowest BCUT2D eigenvalue weighted by molar-refractivity contribution is 0.550. The first-order chi connectivity index (χ1) is 6.43. The zero-order valence-corrected chi connectivity index (χ0v) is 10.8. The predicted molar refractivity (Wildman–Crippen MR) is 63.3 cm³/mol. The van der Waals surface area contributed by atoms with Gasteiger partial charge in [-0.05, 0) is 11.5 Å². The van der Waals surface area contributed by atoms with Gasteiger partial charge in [0.2, 0.25) is 0 Å². The second-order valence-electron chi connectivity index (χ2n) is 5.21. The Labute approximate surface area is 93.7 Å². The Bertz CT molecular complexity index is 311. The van der Waals surface area contributed by atoms with E-state index in [2.05, 4.69) is 37.3 Å². The van der Waals surface area contributed by atoms with E-state index >= 15 is 0 Å². The number of aromatic nitrogens is 2. The number of thioether (sulfide) groups is 1. The molecule has 0 saturated heterocycles. The van der Waals surface area contributed by atoms with Gasteiger partial charge in [0.1, 0.15) is 0 Å². The van der Waals surface area contributed by atoms with E-state index < -0.39 is 0 Å². The highest BCUT2D eigenvalue weighted by molar-refractivity contribution is 7.99. The van der Waals surface area contributed by atoms with Crippen LogP contribution in [0.25, 0.3) is 0 Å². The van der Waals surface area contributed by atoms with Gasteiger partial charge in [0, 0.05) is 22.3 Å². The zero-order chi connectivity index (χ0) is 10.4. The minimum absolute atomic E-state index is 0.181. The molecule has 0 fully saturated rings. The maximum absolute atomic E-state index is 4.32. The number of hydrogen-bond donors (Lipinski definition) is 0. The summed E-state index contributed by atoms with van der Waals surface area (Å²) in [5.74, 6) is 2.32. The molecule has 0 unspecified atom stereocenters. The molecule has 0 saturated carbocycles. The Hall–Kier alpha value is -0.0900. The molecule has 0 N–H and O–H groups in total. The highest BCUT2D eigenvalue weighted by Gasteiger charge is 2.37. The molecule has 2 heterocycles. The van der Waals surface area contributed by atoms with Gasteiger partial charge >= 0.3 is 0 Å². The van der Waals surface area contributed by atoms with Crippen molar-refractivity contribution in [2.75, 3.05) is 11.5 Å². The van der Waals surface area contributed by atoms with Crippen LogP contribution in [-0.4, -0.2) is 21.1 Å². The molecule has 0 spiro atoms. The summed E-state index contributed by atoms with van der Waals surface area (Å²) in [5, 5.41) is 4.32. The van der Waals surface area contributed by atoms with Crippen LogP contribution in [0.3, 0.4) is 0 Å². The predicted octanol–water partition coefficient (Wildman–Crippen LogP) is 2.84. The molecule has 0 aliphatic carbocycles. The summed E-state index contributed by atoms with van der Waals surface area (Å²) >= 11 is 3.60. The van der Waals surface area contributed by atoms with E-state index in [-0.39, 0.29) is 10.8 Å². The minimum atomic E-state index is 0.181. The fourth-order valence-electron chi connectivity index (χ4n) is 1.77. The number of nitrogens with zero attached hydrogens (tertiary/aromatic N) is 2. The molecule has 1 aliphatic heterocycles. The van der Waals surface area contributed by atoms with E-state index in [1.807, 2.05) is 11.8 Å². The van der Waals surface area contributed by atoms with Crippen molar-refractivity contribution in [3.05, 3.63) is 10.6 Å². The van der Waals surface area contributed by atoms with Gasteiger partial charge in [-0.2, -0.15) is 11.8 Å². The first kappa shape index (κ1) is 10.4. The third-order valence-electron chi connectivity index (χ3n) is 2.67. The van der Waals surface area contributed by atoms with Crippen LogP contribution in [0, 0.1) is 0 Å². The normalized spacial score (nSPS) is 24.0. The first-order valence-corrected chi connectivity index (χ1v) is 6.77. The summed E-state index contributed by atoms with van der Waals surface area (Å²) < 4.78 is 4.12. The van der Waals surface area contributed by atoms with Crippen molar-refractivity contribution in [1.29, 1.82) is 0 Å². The van der Waals surface area contributed by atoms with Crippen LogP contribution in [0.1, 0.15) is 38.3 Å². The number of rotatable bonds is 0. The Morgan fingerprint density at radius 3 is 2.43 bits per heavy atom.